The minimum atomic E-state index is -1.49. The summed E-state index contributed by atoms with van der Waals surface area (Å²) in [7, 11) is 1.32. The fourth-order valence-electron chi connectivity index (χ4n) is 2.32. The van der Waals surface area contributed by atoms with Crippen molar-refractivity contribution in [2.75, 3.05) is 13.7 Å². The van der Waals surface area contributed by atoms with E-state index in [1.165, 1.54) is 14.0 Å². The van der Waals surface area contributed by atoms with Crippen LogP contribution in [-0.2, 0) is 30.9 Å². The first-order valence-corrected chi connectivity index (χ1v) is 8.55. The largest absolute Gasteiger partial charge is 0.469 e. The number of hydrogen-bond acceptors (Lipinski definition) is 8. The van der Waals surface area contributed by atoms with Crippen LogP contribution in [0.4, 0.5) is 0 Å². The molecule has 134 valence electrons. The zero-order chi connectivity index (χ0) is 19.3. The third kappa shape index (κ3) is 4.15. The van der Waals surface area contributed by atoms with Crippen LogP contribution in [0.25, 0.3) is 0 Å². The van der Waals surface area contributed by atoms with Gasteiger partial charge in [0.2, 0.25) is 0 Å². The third-order valence-electron chi connectivity index (χ3n) is 3.89. The van der Waals surface area contributed by atoms with Crippen LogP contribution >= 0.6 is 11.3 Å². The summed E-state index contributed by atoms with van der Waals surface area (Å²) in [6, 6.07) is 3.69. The SMILES string of the molecule is CCOC(=O)C(C)(c1nc(CC(C)(C)C(=O)OC)cs1)C(C#N)C#N. The maximum atomic E-state index is 12.4. The van der Waals surface area contributed by atoms with Gasteiger partial charge in [-0.1, -0.05) is 0 Å². The van der Waals surface area contributed by atoms with Gasteiger partial charge < -0.3 is 9.47 Å². The quantitative estimate of drug-likeness (QED) is 0.683. The van der Waals surface area contributed by atoms with E-state index in [1.807, 2.05) is 12.1 Å². The Labute approximate surface area is 151 Å². The lowest BCUT2D eigenvalue weighted by atomic mass is 9.79. The molecule has 1 heterocycles. The number of thiazole rings is 1. The molecule has 0 saturated heterocycles. The molecule has 0 aromatic carbocycles. The van der Waals surface area contributed by atoms with Crippen molar-refractivity contribution in [2.45, 2.75) is 39.5 Å². The summed E-state index contributed by atoms with van der Waals surface area (Å²) in [6.07, 6.45) is 0.304. The van der Waals surface area contributed by atoms with Crippen LogP contribution in [0.15, 0.2) is 5.38 Å². The van der Waals surface area contributed by atoms with Crippen molar-refractivity contribution >= 4 is 23.3 Å². The zero-order valence-electron chi connectivity index (χ0n) is 15.0. The molecule has 1 rings (SSSR count). The highest BCUT2D eigenvalue weighted by Gasteiger charge is 2.48. The molecule has 0 aliphatic heterocycles. The Kier molecular flexibility index (Phi) is 6.66. The second kappa shape index (κ2) is 8.09. The van der Waals surface area contributed by atoms with Gasteiger partial charge in [0.25, 0.3) is 0 Å². The molecule has 0 bridgehead atoms. The number of rotatable bonds is 7. The zero-order valence-corrected chi connectivity index (χ0v) is 15.8. The molecule has 25 heavy (non-hydrogen) atoms. The Bertz CT molecular complexity index is 715. The highest BCUT2D eigenvalue weighted by Crippen LogP contribution is 2.36. The topological polar surface area (TPSA) is 113 Å². The van der Waals surface area contributed by atoms with E-state index in [2.05, 4.69) is 4.98 Å². The maximum absolute atomic E-state index is 12.4. The number of aromatic nitrogens is 1. The standard InChI is InChI=1S/C17H21N3O4S/c1-6-24-15(22)17(4,11(8-18)9-19)13-20-12(10-25-13)7-16(2,3)14(21)23-5/h10-11H,6-7H2,1-5H3. The van der Waals surface area contributed by atoms with Crippen molar-refractivity contribution in [1.29, 1.82) is 10.5 Å². The summed E-state index contributed by atoms with van der Waals surface area (Å²) in [5.41, 5.74) is -1.69. The van der Waals surface area contributed by atoms with E-state index >= 15 is 0 Å². The van der Waals surface area contributed by atoms with Gasteiger partial charge in [-0.3, -0.25) is 9.59 Å². The van der Waals surface area contributed by atoms with Gasteiger partial charge in [0.05, 0.1) is 37.0 Å². The first-order chi connectivity index (χ1) is 11.7. The lowest BCUT2D eigenvalue weighted by Gasteiger charge is -2.25. The summed E-state index contributed by atoms with van der Waals surface area (Å²) in [6.45, 7) is 6.73. The van der Waals surface area contributed by atoms with Crippen LogP contribution in [0.5, 0.6) is 0 Å². The number of nitrogens with zero attached hydrogens (tertiary/aromatic N) is 3. The predicted octanol–water partition coefficient (Wildman–Crippen LogP) is 2.37. The van der Waals surface area contributed by atoms with Gasteiger partial charge in [0, 0.05) is 11.8 Å². The van der Waals surface area contributed by atoms with Crippen molar-refractivity contribution in [2.24, 2.45) is 11.3 Å². The van der Waals surface area contributed by atoms with Crippen LogP contribution in [0.1, 0.15) is 38.4 Å². The van der Waals surface area contributed by atoms with Crippen LogP contribution in [0.3, 0.4) is 0 Å². The minimum absolute atomic E-state index is 0.131. The van der Waals surface area contributed by atoms with Gasteiger partial charge >= 0.3 is 11.9 Å². The molecule has 7 nitrogen and oxygen atoms in total. The second-order valence-electron chi connectivity index (χ2n) is 6.31. The lowest BCUT2D eigenvalue weighted by Crippen LogP contribution is -2.40. The van der Waals surface area contributed by atoms with Crippen LogP contribution in [-0.4, -0.2) is 30.6 Å². The number of nitriles is 2. The molecule has 1 atom stereocenters. The Morgan fingerprint density at radius 2 is 1.88 bits per heavy atom. The Morgan fingerprint density at radius 1 is 1.28 bits per heavy atom. The minimum Gasteiger partial charge on any atom is -0.469 e. The summed E-state index contributed by atoms with van der Waals surface area (Å²) in [5, 5.41) is 20.6. The summed E-state index contributed by atoms with van der Waals surface area (Å²) in [5.74, 6) is -2.28. The third-order valence-corrected chi connectivity index (χ3v) is 5.02. The number of methoxy groups -OCH3 is 1. The average Bonchev–Trinajstić information content (AvgIpc) is 3.03. The highest BCUT2D eigenvalue weighted by molar-refractivity contribution is 7.10. The summed E-state index contributed by atoms with van der Waals surface area (Å²) < 4.78 is 9.84. The molecule has 0 N–H and O–H groups in total. The lowest BCUT2D eigenvalue weighted by molar-refractivity contribution is -0.151. The van der Waals surface area contributed by atoms with Gasteiger partial charge in [-0.05, 0) is 27.7 Å². The Balaban J connectivity index is 3.26. The van der Waals surface area contributed by atoms with Crippen molar-refractivity contribution in [3.63, 3.8) is 0 Å². The first-order valence-electron chi connectivity index (χ1n) is 7.67. The van der Waals surface area contributed by atoms with Gasteiger partial charge in [-0.2, -0.15) is 10.5 Å². The van der Waals surface area contributed by atoms with Gasteiger partial charge in [0.1, 0.15) is 10.4 Å². The molecule has 0 amide bonds. The molecule has 0 spiro atoms. The van der Waals surface area contributed by atoms with E-state index in [9.17, 15) is 20.1 Å². The van der Waals surface area contributed by atoms with Gasteiger partial charge in [-0.25, -0.2) is 4.98 Å². The van der Waals surface area contributed by atoms with Crippen LogP contribution in [0, 0.1) is 34.0 Å². The number of carbonyl (C=O) groups excluding carboxylic acids is 2. The van der Waals surface area contributed by atoms with Gasteiger partial charge in [0.15, 0.2) is 5.92 Å². The van der Waals surface area contributed by atoms with Crippen LogP contribution in [0.2, 0.25) is 0 Å². The normalized spacial score (nSPS) is 13.4. The van der Waals surface area contributed by atoms with E-state index in [4.69, 9.17) is 9.47 Å². The van der Waals surface area contributed by atoms with E-state index < -0.39 is 22.7 Å². The molecule has 0 aliphatic carbocycles. The smallest absolute Gasteiger partial charge is 0.321 e. The fourth-order valence-corrected chi connectivity index (χ4v) is 3.32. The van der Waals surface area contributed by atoms with E-state index in [1.54, 1.807) is 26.2 Å². The monoisotopic (exact) mass is 363 g/mol. The maximum Gasteiger partial charge on any atom is 0.321 e. The van der Waals surface area contributed by atoms with E-state index in [-0.39, 0.29) is 12.6 Å². The molecule has 0 aliphatic rings. The Morgan fingerprint density at radius 3 is 2.36 bits per heavy atom. The summed E-state index contributed by atoms with van der Waals surface area (Å²) >= 11 is 1.16. The molecule has 0 saturated carbocycles. The number of ether oxygens (including phenoxy) is 2. The van der Waals surface area contributed by atoms with Crippen molar-refractivity contribution in [1.82, 2.24) is 4.98 Å². The molecule has 0 fully saturated rings. The first kappa shape index (κ1) is 20.6. The highest BCUT2D eigenvalue weighted by atomic mass is 32.1. The molecular formula is C17H21N3O4S. The summed E-state index contributed by atoms with van der Waals surface area (Å²) in [4.78, 5) is 28.7. The number of carbonyl (C=O) groups is 2. The van der Waals surface area contributed by atoms with E-state index in [0.29, 0.717) is 17.1 Å². The molecule has 1 unspecified atom stereocenters. The molecule has 0 radical (unpaired) electrons. The molecule has 1 aromatic rings. The van der Waals surface area contributed by atoms with Crippen molar-refractivity contribution < 1.29 is 19.1 Å². The molecule has 8 heteroatoms. The molecular weight excluding hydrogens is 342 g/mol. The fraction of sp³-hybridized carbons (Fsp3) is 0.588. The average molecular weight is 363 g/mol. The second-order valence-corrected chi connectivity index (χ2v) is 7.17. The van der Waals surface area contributed by atoms with E-state index in [0.717, 1.165) is 11.3 Å². The Hall–Kier alpha value is -2.45. The number of esters is 2. The number of hydrogen-bond donors (Lipinski definition) is 0. The molecule has 1 aromatic heterocycles. The van der Waals surface area contributed by atoms with Crippen molar-refractivity contribution in [3.05, 3.63) is 16.1 Å². The van der Waals surface area contributed by atoms with Crippen molar-refractivity contribution in [3.8, 4) is 12.1 Å². The van der Waals surface area contributed by atoms with Gasteiger partial charge in [-0.15, -0.1) is 11.3 Å². The predicted molar refractivity (Wildman–Crippen MR) is 90.3 cm³/mol. The van der Waals surface area contributed by atoms with Crippen LogP contribution < -0.4 is 0 Å².